The van der Waals surface area contributed by atoms with Crippen LogP contribution in [-0.4, -0.2) is 22.9 Å². The molecule has 0 spiro atoms. The average Bonchev–Trinajstić information content (AvgIpc) is 3.33. The third-order valence-corrected chi connectivity index (χ3v) is 7.41. The predicted molar refractivity (Wildman–Crippen MR) is 106 cm³/mol. The van der Waals surface area contributed by atoms with Crippen molar-refractivity contribution in [2.24, 2.45) is 0 Å². The lowest BCUT2D eigenvalue weighted by molar-refractivity contribution is -0.384. The number of rotatable bonds is 8. The van der Waals surface area contributed by atoms with Crippen LogP contribution in [0.25, 0.3) is 6.08 Å². The van der Waals surface area contributed by atoms with Crippen molar-refractivity contribution >= 4 is 25.1 Å². The molecule has 0 aliphatic heterocycles. The summed E-state index contributed by atoms with van der Waals surface area (Å²) in [5.41, 5.74) is 0.324. The molecule has 0 N–H and O–H groups in total. The second-order valence-corrected chi connectivity index (χ2v) is 9.36. The second kappa shape index (κ2) is 9.12. The van der Waals surface area contributed by atoms with Crippen LogP contribution in [0.15, 0.2) is 29.6 Å². The van der Waals surface area contributed by atoms with Crippen LogP contribution in [0.5, 0.6) is 0 Å². The number of non-ortho nitro benzene ring substituents is 1. The summed E-state index contributed by atoms with van der Waals surface area (Å²) >= 11 is 0. The molecule has 0 radical (unpaired) electrons. The Morgan fingerprint density at radius 3 is 2.11 bits per heavy atom. The Morgan fingerprint density at radius 2 is 1.64 bits per heavy atom. The van der Waals surface area contributed by atoms with Crippen LogP contribution in [0.4, 0.5) is 5.69 Å². The third-order valence-electron chi connectivity index (χ3n) is 5.22. The van der Waals surface area contributed by atoms with Crippen molar-refractivity contribution in [1.29, 1.82) is 0 Å². The van der Waals surface area contributed by atoms with Gasteiger partial charge in [-0.05, 0) is 44.2 Å². The van der Waals surface area contributed by atoms with Crippen LogP contribution < -0.4 is 0 Å². The van der Waals surface area contributed by atoms with Gasteiger partial charge in [0.05, 0.1) is 17.1 Å². The van der Waals surface area contributed by atoms with Crippen molar-refractivity contribution in [3.8, 4) is 0 Å². The van der Waals surface area contributed by atoms with Crippen LogP contribution in [0.2, 0.25) is 0 Å². The van der Waals surface area contributed by atoms with Crippen LogP contribution in [0.3, 0.4) is 0 Å². The summed E-state index contributed by atoms with van der Waals surface area (Å²) in [4.78, 5) is 23.0. The molecule has 28 heavy (non-hydrogen) atoms. The van der Waals surface area contributed by atoms with Gasteiger partial charge < -0.3 is 9.05 Å². The van der Waals surface area contributed by atoms with E-state index in [0.29, 0.717) is 5.56 Å². The molecule has 0 aromatic heterocycles. The van der Waals surface area contributed by atoms with E-state index >= 15 is 0 Å². The monoisotopic (exact) mass is 407 g/mol. The molecule has 0 atom stereocenters. The summed E-state index contributed by atoms with van der Waals surface area (Å²) in [5, 5.41) is 11.0. The lowest BCUT2D eigenvalue weighted by Gasteiger charge is -2.26. The van der Waals surface area contributed by atoms with Gasteiger partial charge in [-0.15, -0.1) is 0 Å². The zero-order chi connectivity index (χ0) is 20.1. The maximum absolute atomic E-state index is 13.8. The fourth-order valence-corrected chi connectivity index (χ4v) is 5.95. The van der Waals surface area contributed by atoms with Crippen LogP contribution in [-0.2, 0) is 18.4 Å². The van der Waals surface area contributed by atoms with E-state index in [1.54, 1.807) is 6.07 Å². The fraction of sp³-hybridized carbons (Fsp3) is 0.550. The van der Waals surface area contributed by atoms with Crippen LogP contribution in [0, 0.1) is 10.1 Å². The zero-order valence-electron chi connectivity index (χ0n) is 16.0. The Balaban J connectivity index is 1.97. The van der Waals surface area contributed by atoms with Gasteiger partial charge in [-0.1, -0.05) is 37.8 Å². The number of nitrogens with zero attached hydrogens (tertiary/aromatic N) is 1. The smallest absolute Gasteiger partial charge is 0.302 e. The number of benzene rings is 1. The average molecular weight is 407 g/mol. The van der Waals surface area contributed by atoms with Gasteiger partial charge in [-0.25, -0.2) is 0 Å². The molecule has 2 fully saturated rings. The Kier molecular flexibility index (Phi) is 6.81. The van der Waals surface area contributed by atoms with Crippen LogP contribution >= 0.6 is 7.60 Å². The van der Waals surface area contributed by atoms with Gasteiger partial charge in [-0.3, -0.25) is 19.5 Å². The fourth-order valence-electron chi connectivity index (χ4n) is 3.78. The number of nitro benzene ring substituents is 1. The number of nitro groups is 1. The number of carbonyl (C=O) groups is 1. The topological polar surface area (TPSA) is 95.7 Å². The van der Waals surface area contributed by atoms with E-state index in [1.165, 1.54) is 31.2 Å². The van der Waals surface area contributed by atoms with Gasteiger partial charge in [0, 0.05) is 12.1 Å². The standard InChI is InChI=1S/C20H26NO6P/c1-15(22)20(14-16-7-6-8-17(13-16)21(23)24)28(25,26-18-9-2-3-10-18)27-19-11-4-5-12-19/h6-8,13-14,18-19H,2-5,9-12H2,1H3/b20-14+. The number of ketones is 1. The summed E-state index contributed by atoms with van der Waals surface area (Å²) in [6, 6.07) is 5.88. The van der Waals surface area contributed by atoms with Crippen molar-refractivity contribution in [2.75, 3.05) is 0 Å². The molecule has 2 aliphatic rings. The van der Waals surface area contributed by atoms with Crippen molar-refractivity contribution < 1.29 is 23.3 Å². The zero-order valence-corrected chi connectivity index (χ0v) is 16.9. The minimum Gasteiger partial charge on any atom is -0.302 e. The molecule has 1 aromatic carbocycles. The molecule has 1 aromatic rings. The Bertz CT molecular complexity index is 787. The maximum Gasteiger partial charge on any atom is 0.365 e. The first-order valence-electron chi connectivity index (χ1n) is 9.82. The summed E-state index contributed by atoms with van der Waals surface area (Å²) in [6.45, 7) is 1.33. The molecule has 152 valence electrons. The number of allylic oxidation sites excluding steroid dienone is 1. The first-order valence-corrected chi connectivity index (χ1v) is 11.4. The molecule has 0 bridgehead atoms. The van der Waals surface area contributed by atoms with Crippen molar-refractivity contribution in [2.45, 2.75) is 70.5 Å². The summed E-state index contributed by atoms with van der Waals surface area (Å²) in [7, 11) is -3.85. The Hall–Kier alpha value is -1.82. The lowest BCUT2D eigenvalue weighted by Crippen LogP contribution is -2.15. The number of hydrogen-bond donors (Lipinski definition) is 0. The largest absolute Gasteiger partial charge is 0.365 e. The van der Waals surface area contributed by atoms with Gasteiger partial charge in [0.15, 0.2) is 5.78 Å². The van der Waals surface area contributed by atoms with Gasteiger partial charge in [0.2, 0.25) is 0 Å². The summed E-state index contributed by atoms with van der Waals surface area (Å²) in [6.07, 6.45) is 8.19. The van der Waals surface area contributed by atoms with Crippen molar-refractivity contribution in [3.05, 3.63) is 45.3 Å². The van der Waals surface area contributed by atoms with E-state index in [0.717, 1.165) is 51.4 Å². The van der Waals surface area contributed by atoms with Crippen LogP contribution in [0.1, 0.15) is 63.9 Å². The minimum absolute atomic E-state index is 0.0354. The summed E-state index contributed by atoms with van der Waals surface area (Å²) < 4.78 is 25.7. The molecule has 8 heteroatoms. The molecule has 0 heterocycles. The molecule has 2 aliphatic carbocycles. The van der Waals surface area contributed by atoms with Gasteiger partial charge in [-0.2, -0.15) is 0 Å². The van der Waals surface area contributed by atoms with Gasteiger partial charge in [0.25, 0.3) is 5.69 Å². The van der Waals surface area contributed by atoms with Gasteiger partial charge in [0.1, 0.15) is 5.31 Å². The lowest BCUT2D eigenvalue weighted by atomic mass is 10.2. The molecule has 2 saturated carbocycles. The number of carbonyl (C=O) groups excluding carboxylic acids is 1. The second-order valence-electron chi connectivity index (χ2n) is 7.46. The van der Waals surface area contributed by atoms with E-state index in [2.05, 4.69) is 0 Å². The highest BCUT2D eigenvalue weighted by molar-refractivity contribution is 7.60. The SMILES string of the molecule is CC(=O)/C(=C\c1cccc([N+](=O)[O-])c1)P(=O)(OC1CCCC1)OC1CCCC1. The highest BCUT2D eigenvalue weighted by Crippen LogP contribution is 2.61. The Morgan fingerprint density at radius 1 is 1.11 bits per heavy atom. The first kappa shape index (κ1) is 20.9. The highest BCUT2D eigenvalue weighted by Gasteiger charge is 2.40. The predicted octanol–water partition coefficient (Wildman–Crippen LogP) is 5.64. The van der Waals surface area contributed by atoms with Gasteiger partial charge >= 0.3 is 7.60 Å². The Labute approximate surface area is 164 Å². The molecule has 0 saturated heterocycles. The minimum atomic E-state index is -3.85. The third kappa shape index (κ3) is 5.16. The molecular formula is C20H26NO6P. The van der Waals surface area contributed by atoms with E-state index in [-0.39, 0.29) is 23.2 Å². The quantitative estimate of drug-likeness (QED) is 0.240. The highest BCUT2D eigenvalue weighted by atomic mass is 31.2. The van der Waals surface area contributed by atoms with E-state index in [9.17, 15) is 19.5 Å². The first-order chi connectivity index (χ1) is 13.4. The van der Waals surface area contributed by atoms with E-state index < -0.39 is 18.3 Å². The molecular weight excluding hydrogens is 381 g/mol. The molecule has 3 rings (SSSR count). The molecule has 7 nitrogen and oxygen atoms in total. The normalized spacial score (nSPS) is 19.2. The number of hydrogen-bond acceptors (Lipinski definition) is 6. The van der Waals surface area contributed by atoms with Crippen molar-refractivity contribution in [3.63, 3.8) is 0 Å². The maximum atomic E-state index is 13.8. The van der Waals surface area contributed by atoms with Crippen molar-refractivity contribution in [1.82, 2.24) is 0 Å². The van der Waals surface area contributed by atoms with E-state index in [1.807, 2.05) is 0 Å². The number of Topliss-reactive ketones (excluding diaryl/α,β-unsaturated/α-hetero) is 1. The molecule has 0 amide bonds. The molecule has 0 unspecified atom stereocenters. The summed E-state index contributed by atoms with van der Waals surface area (Å²) in [5.74, 6) is -0.411. The van der Waals surface area contributed by atoms with E-state index in [4.69, 9.17) is 9.05 Å².